The molecule has 0 bridgehead atoms. The van der Waals surface area contributed by atoms with Crippen molar-refractivity contribution in [2.24, 2.45) is 0 Å². The van der Waals surface area contributed by atoms with Gasteiger partial charge in [0.25, 0.3) is 5.91 Å². The van der Waals surface area contributed by atoms with Crippen molar-refractivity contribution in [3.8, 4) is 0 Å². The van der Waals surface area contributed by atoms with E-state index >= 15 is 0 Å². The number of hydrogen-bond donors (Lipinski definition) is 0. The molecule has 3 rings (SSSR count). The van der Waals surface area contributed by atoms with E-state index < -0.39 is 0 Å². The molecule has 0 radical (unpaired) electrons. The van der Waals surface area contributed by atoms with Crippen LogP contribution in [-0.4, -0.2) is 43.0 Å². The van der Waals surface area contributed by atoms with Gasteiger partial charge in [-0.1, -0.05) is 41.1 Å². The number of amides is 1. The summed E-state index contributed by atoms with van der Waals surface area (Å²) in [4.78, 5) is 21.7. The molecule has 0 N–H and O–H groups in total. The molecule has 0 fully saturated rings. The van der Waals surface area contributed by atoms with Crippen LogP contribution in [0.15, 0.2) is 42.5 Å². The maximum absolute atomic E-state index is 13.1. The second-order valence-corrected chi connectivity index (χ2v) is 8.82. The van der Waals surface area contributed by atoms with Crippen LogP contribution in [0.4, 0.5) is 5.13 Å². The zero-order chi connectivity index (χ0) is 21.0. The van der Waals surface area contributed by atoms with Gasteiger partial charge in [0.1, 0.15) is 0 Å². The summed E-state index contributed by atoms with van der Waals surface area (Å²) in [6.45, 7) is 5.70. The number of aryl methyl sites for hydroxylation is 2. The summed E-state index contributed by atoms with van der Waals surface area (Å²) in [6.07, 6.45) is 4.22. The Morgan fingerprint density at radius 3 is 2.53 bits per heavy atom. The first kappa shape index (κ1) is 24.4. The first-order valence-corrected chi connectivity index (χ1v) is 10.8. The topological polar surface area (TPSA) is 36.4 Å². The molecule has 7 heteroatoms. The maximum Gasteiger partial charge on any atom is 0.252 e. The van der Waals surface area contributed by atoms with E-state index in [1.807, 2.05) is 38.4 Å². The van der Waals surface area contributed by atoms with Crippen molar-refractivity contribution in [2.45, 2.75) is 20.3 Å². The fraction of sp³-hybridized carbons (Fsp3) is 0.304. The van der Waals surface area contributed by atoms with Crippen molar-refractivity contribution in [3.05, 3.63) is 64.2 Å². The van der Waals surface area contributed by atoms with Gasteiger partial charge in [-0.2, -0.15) is 0 Å². The highest BCUT2D eigenvalue weighted by molar-refractivity contribution is 7.22. The van der Waals surface area contributed by atoms with Crippen LogP contribution in [0.2, 0.25) is 5.02 Å². The minimum absolute atomic E-state index is 0. The average Bonchev–Trinajstić information content (AvgIpc) is 3.06. The third-order valence-electron chi connectivity index (χ3n) is 4.79. The number of benzene rings is 2. The first-order chi connectivity index (χ1) is 13.8. The molecule has 0 aliphatic heterocycles. The quantitative estimate of drug-likeness (QED) is 0.403. The lowest BCUT2D eigenvalue weighted by Gasteiger charge is -2.19. The second kappa shape index (κ2) is 10.9. The lowest BCUT2D eigenvalue weighted by molar-refractivity contribution is -0.114. The zero-order valence-electron chi connectivity index (χ0n) is 17.7. The number of carbonyl (C=O) groups excluding carboxylic acids is 1. The second-order valence-electron chi connectivity index (χ2n) is 7.40. The largest absolute Gasteiger partial charge is 0.309 e. The molecule has 1 heterocycles. The van der Waals surface area contributed by atoms with Crippen LogP contribution in [0.5, 0.6) is 0 Å². The number of thiazole rings is 1. The van der Waals surface area contributed by atoms with Crippen LogP contribution in [0.1, 0.15) is 23.1 Å². The van der Waals surface area contributed by atoms with Gasteiger partial charge in [0.15, 0.2) is 5.13 Å². The van der Waals surface area contributed by atoms with Crippen molar-refractivity contribution < 1.29 is 4.79 Å². The van der Waals surface area contributed by atoms with E-state index in [0.29, 0.717) is 11.6 Å². The van der Waals surface area contributed by atoms with Crippen molar-refractivity contribution in [1.82, 2.24) is 9.88 Å². The minimum Gasteiger partial charge on any atom is -0.309 e. The number of halogens is 2. The third-order valence-corrected chi connectivity index (χ3v) is 6.17. The van der Waals surface area contributed by atoms with Gasteiger partial charge in [-0.25, -0.2) is 4.98 Å². The number of hydrogen-bond acceptors (Lipinski definition) is 4. The van der Waals surface area contributed by atoms with Crippen molar-refractivity contribution in [3.63, 3.8) is 0 Å². The van der Waals surface area contributed by atoms with Gasteiger partial charge >= 0.3 is 0 Å². The molecular formula is C23H27Cl2N3OS. The highest BCUT2D eigenvalue weighted by Gasteiger charge is 2.18. The molecule has 4 nitrogen and oxygen atoms in total. The molecular weight excluding hydrogens is 437 g/mol. The van der Waals surface area contributed by atoms with Gasteiger partial charge in [-0.05, 0) is 81.9 Å². The van der Waals surface area contributed by atoms with Gasteiger partial charge in [-0.15, -0.1) is 12.4 Å². The van der Waals surface area contributed by atoms with Crippen LogP contribution >= 0.6 is 35.3 Å². The van der Waals surface area contributed by atoms with Crippen molar-refractivity contribution in [1.29, 1.82) is 0 Å². The molecule has 1 aromatic heterocycles. The van der Waals surface area contributed by atoms with Gasteiger partial charge in [0.05, 0.1) is 10.2 Å². The average molecular weight is 464 g/mol. The van der Waals surface area contributed by atoms with Gasteiger partial charge < -0.3 is 4.90 Å². The van der Waals surface area contributed by atoms with Crippen molar-refractivity contribution in [2.75, 3.05) is 32.1 Å². The normalized spacial score (nSPS) is 11.3. The fourth-order valence-corrected chi connectivity index (χ4v) is 4.27. The smallest absolute Gasteiger partial charge is 0.252 e. The van der Waals surface area contributed by atoms with Gasteiger partial charge in [0.2, 0.25) is 0 Å². The maximum atomic E-state index is 13.1. The van der Waals surface area contributed by atoms with Crippen LogP contribution in [0.3, 0.4) is 0 Å². The SMILES string of the molecule is Cc1cc2nc(N(CCCN(C)C)C(=O)C=Cc3ccccc3Cl)sc2cc1C.Cl. The lowest BCUT2D eigenvalue weighted by Crippen LogP contribution is -2.32. The predicted molar refractivity (Wildman–Crippen MR) is 132 cm³/mol. The summed E-state index contributed by atoms with van der Waals surface area (Å²) < 4.78 is 1.10. The Morgan fingerprint density at radius 1 is 1.13 bits per heavy atom. The molecule has 160 valence electrons. The molecule has 3 aromatic rings. The molecule has 0 aliphatic carbocycles. The number of carbonyl (C=O) groups is 1. The monoisotopic (exact) mass is 463 g/mol. The fourth-order valence-electron chi connectivity index (χ4n) is 2.99. The molecule has 30 heavy (non-hydrogen) atoms. The Bertz CT molecular complexity index is 1010. The predicted octanol–water partition coefficient (Wildman–Crippen LogP) is 5.99. The van der Waals surface area contributed by atoms with E-state index in [0.717, 1.165) is 33.9 Å². The summed E-state index contributed by atoms with van der Waals surface area (Å²) in [5.41, 5.74) is 4.20. The van der Waals surface area contributed by atoms with E-state index in [1.165, 1.54) is 11.1 Å². The summed E-state index contributed by atoms with van der Waals surface area (Å²) in [7, 11) is 4.07. The molecule has 0 spiro atoms. The van der Waals surface area contributed by atoms with E-state index in [2.05, 4.69) is 30.9 Å². The Balaban J connectivity index is 0.00000320. The molecule has 0 saturated heterocycles. The lowest BCUT2D eigenvalue weighted by atomic mass is 10.1. The number of aromatic nitrogens is 1. The summed E-state index contributed by atoms with van der Waals surface area (Å²) in [5.74, 6) is -0.0869. The van der Waals surface area contributed by atoms with Gasteiger partial charge in [-0.3, -0.25) is 9.69 Å². The van der Waals surface area contributed by atoms with E-state index in [1.54, 1.807) is 28.4 Å². The molecule has 0 saturated carbocycles. The highest BCUT2D eigenvalue weighted by Crippen LogP contribution is 2.31. The van der Waals surface area contributed by atoms with Crippen molar-refractivity contribution >= 4 is 62.7 Å². The standard InChI is InChI=1S/C23H26ClN3OS.ClH/c1-16-14-20-21(15-17(16)2)29-23(25-20)27(13-7-12-26(3)4)22(28)11-10-18-8-5-6-9-19(18)24;/h5-6,8-11,14-15H,7,12-13H2,1-4H3;1H. The Kier molecular flexibility index (Phi) is 8.86. The number of rotatable bonds is 7. The molecule has 2 aromatic carbocycles. The summed E-state index contributed by atoms with van der Waals surface area (Å²) in [6, 6.07) is 11.7. The number of nitrogens with zero attached hydrogens (tertiary/aromatic N) is 3. The molecule has 0 unspecified atom stereocenters. The van der Waals surface area contributed by atoms with Crippen LogP contribution in [-0.2, 0) is 4.79 Å². The Morgan fingerprint density at radius 2 is 1.83 bits per heavy atom. The Hall–Kier alpha value is -1.92. The Labute approximate surface area is 193 Å². The van der Waals surface area contributed by atoms with Crippen LogP contribution in [0.25, 0.3) is 16.3 Å². The molecule has 0 aliphatic rings. The molecule has 1 amide bonds. The highest BCUT2D eigenvalue weighted by atomic mass is 35.5. The van der Waals surface area contributed by atoms with E-state index in [-0.39, 0.29) is 18.3 Å². The van der Waals surface area contributed by atoms with E-state index in [9.17, 15) is 4.79 Å². The molecule has 0 atom stereocenters. The van der Waals surface area contributed by atoms with Gasteiger partial charge in [0, 0.05) is 17.6 Å². The summed E-state index contributed by atoms with van der Waals surface area (Å²) in [5, 5.41) is 1.36. The van der Waals surface area contributed by atoms with Crippen LogP contribution < -0.4 is 4.90 Å². The third kappa shape index (κ3) is 6.05. The zero-order valence-corrected chi connectivity index (χ0v) is 20.1. The summed E-state index contributed by atoms with van der Waals surface area (Å²) >= 11 is 7.77. The number of fused-ring (bicyclic) bond motifs is 1. The van der Waals surface area contributed by atoms with E-state index in [4.69, 9.17) is 16.6 Å². The van der Waals surface area contributed by atoms with Crippen LogP contribution in [0, 0.1) is 13.8 Å². The number of anilines is 1. The first-order valence-electron chi connectivity index (χ1n) is 9.62. The minimum atomic E-state index is -0.0869.